The van der Waals surface area contributed by atoms with Crippen molar-refractivity contribution in [2.45, 2.75) is 27.2 Å². The Morgan fingerprint density at radius 1 is 1.64 bits per heavy atom. The molecule has 0 amide bonds. The van der Waals surface area contributed by atoms with Gasteiger partial charge in [0.1, 0.15) is 0 Å². The average Bonchev–Trinajstić information content (AvgIpc) is 2.63. The Bertz CT molecular complexity index is 352. The fourth-order valence-electron chi connectivity index (χ4n) is 1.37. The van der Waals surface area contributed by atoms with E-state index in [1.165, 1.54) is 0 Å². The summed E-state index contributed by atoms with van der Waals surface area (Å²) < 4.78 is 0. The topological polar surface area (TPSA) is 28.7 Å². The maximum atomic E-state index is 4.11. The number of aromatic amines is 1. The van der Waals surface area contributed by atoms with Gasteiger partial charge < -0.3 is 0 Å². The first-order valence-electron chi connectivity index (χ1n) is 4.96. The Balaban J connectivity index is 0.00000196. The molecule has 1 unspecified atom stereocenters. The first-order chi connectivity index (χ1) is 6.57. The number of rotatable bonds is 4. The summed E-state index contributed by atoms with van der Waals surface area (Å²) in [6.07, 6.45) is 2.93. The van der Waals surface area contributed by atoms with Crippen LogP contribution >= 0.6 is 0 Å². The molecule has 0 aromatic carbocycles. The molecule has 1 heterocycles. The van der Waals surface area contributed by atoms with Gasteiger partial charge in [-0.05, 0) is 30.4 Å². The number of hydrogen-bond donors (Lipinski definition) is 1. The van der Waals surface area contributed by atoms with Gasteiger partial charge in [0.15, 0.2) is 0 Å². The van der Waals surface area contributed by atoms with Crippen LogP contribution in [0.15, 0.2) is 19.4 Å². The summed E-state index contributed by atoms with van der Waals surface area (Å²) in [5.74, 6) is 0.491. The molecule has 0 aliphatic carbocycles. The number of H-pyrrole nitrogens is 1. The summed E-state index contributed by atoms with van der Waals surface area (Å²) in [6.45, 7) is 14.3. The Morgan fingerprint density at radius 2 is 2.29 bits per heavy atom. The second-order valence-electron chi connectivity index (χ2n) is 3.77. The summed E-state index contributed by atoms with van der Waals surface area (Å²) >= 11 is 0. The molecule has 1 N–H and O–H groups in total. The third-order valence-electron chi connectivity index (χ3n) is 2.62. The number of hydrogen-bond acceptors (Lipinski definition) is 1. The van der Waals surface area contributed by atoms with Gasteiger partial charge in [0.25, 0.3) is 0 Å². The minimum atomic E-state index is 0. The van der Waals surface area contributed by atoms with Gasteiger partial charge in [-0.2, -0.15) is 5.10 Å². The van der Waals surface area contributed by atoms with Crippen molar-refractivity contribution in [3.8, 4) is 0 Å². The summed E-state index contributed by atoms with van der Waals surface area (Å²) in [5.41, 5.74) is 4.25. The van der Waals surface area contributed by atoms with E-state index >= 15 is 0 Å². The van der Waals surface area contributed by atoms with E-state index in [0.29, 0.717) is 5.92 Å². The van der Waals surface area contributed by atoms with Gasteiger partial charge in [-0.3, -0.25) is 5.10 Å². The van der Waals surface area contributed by atoms with Crippen molar-refractivity contribution in [2.24, 2.45) is 5.92 Å². The average molecular weight is 192 g/mol. The molecule has 2 heteroatoms. The molecule has 0 saturated heterocycles. The SMILES string of the molecule is C=C(C)c1[nH]ncc1C(=C)C(C)CC.[HH]. The van der Waals surface area contributed by atoms with Crippen molar-refractivity contribution in [3.63, 3.8) is 0 Å². The highest BCUT2D eigenvalue weighted by molar-refractivity contribution is 5.75. The zero-order valence-electron chi connectivity index (χ0n) is 9.22. The van der Waals surface area contributed by atoms with Crippen LogP contribution in [0.3, 0.4) is 0 Å². The Labute approximate surface area is 87.2 Å². The maximum absolute atomic E-state index is 4.11. The van der Waals surface area contributed by atoms with Gasteiger partial charge in [0.2, 0.25) is 0 Å². The molecule has 78 valence electrons. The zero-order valence-corrected chi connectivity index (χ0v) is 9.22. The molecular formula is C12H20N2. The number of nitrogens with zero attached hydrogens (tertiary/aromatic N) is 1. The zero-order chi connectivity index (χ0) is 10.7. The van der Waals surface area contributed by atoms with E-state index in [-0.39, 0.29) is 1.43 Å². The van der Waals surface area contributed by atoms with E-state index in [2.05, 4.69) is 37.2 Å². The van der Waals surface area contributed by atoms with Crippen LogP contribution in [0, 0.1) is 5.92 Å². The molecule has 0 fully saturated rings. The highest BCUT2D eigenvalue weighted by Gasteiger charge is 2.13. The Kier molecular flexibility index (Phi) is 3.28. The fraction of sp³-hybridized carbons (Fsp3) is 0.417. The third-order valence-corrected chi connectivity index (χ3v) is 2.62. The van der Waals surface area contributed by atoms with E-state index < -0.39 is 0 Å². The monoisotopic (exact) mass is 192 g/mol. The van der Waals surface area contributed by atoms with Crippen molar-refractivity contribution in [1.82, 2.24) is 10.2 Å². The fourth-order valence-corrected chi connectivity index (χ4v) is 1.37. The van der Waals surface area contributed by atoms with E-state index in [9.17, 15) is 0 Å². The second-order valence-corrected chi connectivity index (χ2v) is 3.77. The first-order valence-corrected chi connectivity index (χ1v) is 4.96. The number of allylic oxidation sites excluding steroid dienone is 2. The van der Waals surface area contributed by atoms with E-state index in [1.54, 1.807) is 0 Å². The molecule has 1 aromatic rings. The van der Waals surface area contributed by atoms with Gasteiger partial charge in [0.05, 0.1) is 11.9 Å². The molecule has 0 saturated carbocycles. The lowest BCUT2D eigenvalue weighted by Gasteiger charge is -2.12. The molecule has 1 aromatic heterocycles. The minimum absolute atomic E-state index is 0. The van der Waals surface area contributed by atoms with Gasteiger partial charge in [0, 0.05) is 6.99 Å². The molecular weight excluding hydrogens is 172 g/mol. The van der Waals surface area contributed by atoms with Crippen molar-refractivity contribution in [3.05, 3.63) is 30.6 Å². The molecule has 0 aliphatic rings. The molecule has 0 aliphatic heterocycles. The standard InChI is InChI=1S/C12H18N2.H2/c1-6-9(4)10(5)11-7-13-14-12(11)8(2)3;/h7,9H,2,5-6H2,1,3-4H3,(H,13,14);1H. The number of nitrogens with one attached hydrogen (secondary N) is 1. The summed E-state index contributed by atoms with van der Waals surface area (Å²) in [7, 11) is 0. The molecule has 0 bridgehead atoms. The van der Waals surface area contributed by atoms with Crippen LogP contribution in [0.2, 0.25) is 0 Å². The molecule has 0 radical (unpaired) electrons. The van der Waals surface area contributed by atoms with E-state index in [1.807, 2.05) is 13.1 Å². The van der Waals surface area contributed by atoms with Gasteiger partial charge >= 0.3 is 0 Å². The first kappa shape index (κ1) is 10.8. The lowest BCUT2D eigenvalue weighted by atomic mass is 9.92. The van der Waals surface area contributed by atoms with E-state index in [4.69, 9.17) is 0 Å². The minimum Gasteiger partial charge on any atom is -0.278 e. The van der Waals surface area contributed by atoms with Crippen LogP contribution in [0.4, 0.5) is 0 Å². The molecule has 0 spiro atoms. The van der Waals surface area contributed by atoms with Crippen LogP contribution in [0.1, 0.15) is 39.9 Å². The molecule has 14 heavy (non-hydrogen) atoms. The second kappa shape index (κ2) is 4.27. The molecule has 2 nitrogen and oxygen atoms in total. The van der Waals surface area contributed by atoms with Gasteiger partial charge in [-0.25, -0.2) is 0 Å². The quantitative estimate of drug-likeness (QED) is 0.773. The van der Waals surface area contributed by atoms with Crippen LogP contribution in [0.5, 0.6) is 0 Å². The van der Waals surface area contributed by atoms with Crippen molar-refractivity contribution in [1.29, 1.82) is 0 Å². The lowest BCUT2D eigenvalue weighted by molar-refractivity contribution is 0.719. The molecule has 1 rings (SSSR count). The predicted octanol–water partition coefficient (Wildman–Crippen LogP) is 3.75. The predicted molar refractivity (Wildman–Crippen MR) is 63.9 cm³/mol. The third kappa shape index (κ3) is 1.95. The number of aromatic nitrogens is 2. The highest BCUT2D eigenvalue weighted by Crippen LogP contribution is 2.27. The van der Waals surface area contributed by atoms with Crippen LogP contribution in [0.25, 0.3) is 11.1 Å². The molecule has 1 atom stereocenters. The van der Waals surface area contributed by atoms with Crippen LogP contribution in [-0.4, -0.2) is 10.2 Å². The highest BCUT2D eigenvalue weighted by atomic mass is 15.1. The lowest BCUT2D eigenvalue weighted by Crippen LogP contribution is -1.97. The van der Waals surface area contributed by atoms with Gasteiger partial charge in [-0.15, -0.1) is 0 Å². The normalized spacial score (nSPS) is 12.5. The summed E-state index contributed by atoms with van der Waals surface area (Å²) in [4.78, 5) is 0. The largest absolute Gasteiger partial charge is 0.278 e. The summed E-state index contributed by atoms with van der Waals surface area (Å²) in [6, 6.07) is 0. The smallest absolute Gasteiger partial charge is 0.0676 e. The van der Waals surface area contributed by atoms with Crippen LogP contribution in [-0.2, 0) is 0 Å². The summed E-state index contributed by atoms with van der Waals surface area (Å²) in [5, 5.41) is 6.99. The Morgan fingerprint density at radius 3 is 2.79 bits per heavy atom. The Hall–Kier alpha value is -1.31. The van der Waals surface area contributed by atoms with Crippen molar-refractivity contribution < 1.29 is 1.43 Å². The van der Waals surface area contributed by atoms with Crippen molar-refractivity contribution in [2.75, 3.05) is 0 Å². The van der Waals surface area contributed by atoms with Crippen LogP contribution < -0.4 is 0 Å². The van der Waals surface area contributed by atoms with Gasteiger partial charge in [-0.1, -0.05) is 27.0 Å². The van der Waals surface area contributed by atoms with E-state index in [0.717, 1.165) is 28.8 Å². The van der Waals surface area contributed by atoms with Crippen molar-refractivity contribution >= 4 is 11.1 Å². The maximum Gasteiger partial charge on any atom is 0.0676 e.